The van der Waals surface area contributed by atoms with E-state index < -0.39 is 51.9 Å². The number of hydrogen-bond donors (Lipinski definition) is 1. The lowest BCUT2D eigenvalue weighted by atomic mass is 9.81. The molecule has 0 aromatic carbocycles. The Kier molecular flexibility index (Phi) is 7.79. The van der Waals surface area contributed by atoms with Crippen molar-refractivity contribution in [2.75, 3.05) is 12.3 Å². The number of alkyl carbamates (subject to hydrolysis) is 1. The monoisotopic (exact) mass is 524 g/mol. The van der Waals surface area contributed by atoms with Gasteiger partial charge in [-0.25, -0.2) is 23.2 Å². The van der Waals surface area contributed by atoms with E-state index in [1.807, 2.05) is 27.7 Å². The molecule has 0 aliphatic carbocycles. The second-order valence-corrected chi connectivity index (χ2v) is 13.3. The molecule has 0 saturated carbocycles. The Morgan fingerprint density at radius 1 is 1.19 bits per heavy atom. The first-order valence-electron chi connectivity index (χ1n) is 12.1. The highest BCUT2D eigenvalue weighted by atomic mass is 32.2. The van der Waals surface area contributed by atoms with Gasteiger partial charge >= 0.3 is 13.2 Å². The molecule has 0 radical (unpaired) electrons. The van der Waals surface area contributed by atoms with Crippen LogP contribution in [0.25, 0.3) is 0 Å². The van der Waals surface area contributed by atoms with E-state index in [0.29, 0.717) is 24.8 Å². The van der Waals surface area contributed by atoms with Crippen LogP contribution in [0.2, 0.25) is 0 Å². The van der Waals surface area contributed by atoms with Crippen LogP contribution in [0.1, 0.15) is 68.2 Å². The van der Waals surface area contributed by atoms with Crippen molar-refractivity contribution < 1.29 is 32.1 Å². The fraction of sp³-hybridized carbons (Fsp3) is 0.739. The largest absolute Gasteiger partial charge is 0.498 e. The highest BCUT2D eigenvalue weighted by Gasteiger charge is 2.52. The molecular formula is C23H37BN4O7S. The van der Waals surface area contributed by atoms with E-state index in [4.69, 9.17) is 14.0 Å². The molecule has 2 saturated heterocycles. The third kappa shape index (κ3) is 6.35. The minimum Gasteiger partial charge on any atom is -0.444 e. The summed E-state index contributed by atoms with van der Waals surface area (Å²) in [6, 6.07) is -1.41. The van der Waals surface area contributed by atoms with Crippen LogP contribution in [0.3, 0.4) is 0 Å². The number of carbonyl (C=O) groups excluding carboxylic acids is 2. The van der Waals surface area contributed by atoms with Gasteiger partial charge in [-0.2, -0.15) is 0 Å². The summed E-state index contributed by atoms with van der Waals surface area (Å²) in [7, 11) is -4.58. The molecule has 36 heavy (non-hydrogen) atoms. The normalized spacial score (nSPS) is 22.4. The van der Waals surface area contributed by atoms with Crippen LogP contribution in [0.5, 0.6) is 0 Å². The molecule has 1 N–H and O–H groups in total. The summed E-state index contributed by atoms with van der Waals surface area (Å²) in [4.78, 5) is 34.7. The van der Waals surface area contributed by atoms with E-state index in [9.17, 15) is 18.0 Å². The van der Waals surface area contributed by atoms with Gasteiger partial charge in [-0.3, -0.25) is 4.79 Å². The van der Waals surface area contributed by atoms with E-state index in [1.54, 1.807) is 27.7 Å². The van der Waals surface area contributed by atoms with Crippen LogP contribution in [0.4, 0.5) is 4.79 Å². The Morgan fingerprint density at radius 3 is 2.28 bits per heavy atom. The summed E-state index contributed by atoms with van der Waals surface area (Å²) in [5, 5.41) is 2.20. The molecule has 1 aromatic rings. The second-order valence-electron chi connectivity index (χ2n) is 11.4. The van der Waals surface area contributed by atoms with Crippen LogP contribution in [-0.2, 0) is 28.7 Å². The molecule has 2 aliphatic heterocycles. The number of nitrogens with zero attached hydrogens (tertiary/aromatic N) is 3. The van der Waals surface area contributed by atoms with E-state index >= 15 is 0 Å². The Bertz CT molecular complexity index is 1070. The lowest BCUT2D eigenvalue weighted by Crippen LogP contribution is -2.50. The van der Waals surface area contributed by atoms with Gasteiger partial charge in [-0.05, 0) is 68.2 Å². The predicted molar refractivity (Wildman–Crippen MR) is 133 cm³/mol. The van der Waals surface area contributed by atoms with E-state index in [-0.39, 0.29) is 16.8 Å². The molecule has 0 bridgehead atoms. The zero-order valence-electron chi connectivity index (χ0n) is 22.3. The topological polar surface area (TPSA) is 137 Å². The molecule has 200 valence electrons. The second kappa shape index (κ2) is 9.90. The molecule has 2 atom stereocenters. The van der Waals surface area contributed by atoms with Crippen molar-refractivity contribution in [3.8, 4) is 0 Å². The average molecular weight is 524 g/mol. The number of carbonyl (C=O) groups is 2. The van der Waals surface area contributed by atoms with E-state index in [0.717, 1.165) is 0 Å². The van der Waals surface area contributed by atoms with Gasteiger partial charge in [-0.15, -0.1) is 0 Å². The van der Waals surface area contributed by atoms with E-state index in [2.05, 4.69) is 15.3 Å². The molecule has 3 rings (SSSR count). The molecule has 11 nitrogen and oxygen atoms in total. The lowest BCUT2D eigenvalue weighted by Gasteiger charge is -2.32. The first-order chi connectivity index (χ1) is 16.4. The third-order valence-corrected chi connectivity index (χ3v) is 8.22. The van der Waals surface area contributed by atoms with Crippen molar-refractivity contribution in [3.05, 3.63) is 12.4 Å². The lowest BCUT2D eigenvalue weighted by molar-refractivity contribution is -0.133. The Hall–Kier alpha value is -2.25. The van der Waals surface area contributed by atoms with Crippen LogP contribution in [0, 0.1) is 0 Å². The number of rotatable bonds is 6. The number of aromatic nitrogens is 2. The van der Waals surface area contributed by atoms with E-state index in [1.165, 1.54) is 17.3 Å². The summed E-state index contributed by atoms with van der Waals surface area (Å²) in [6.45, 7) is 14.8. The van der Waals surface area contributed by atoms with Gasteiger partial charge in [0.25, 0.3) is 0 Å². The summed E-state index contributed by atoms with van der Waals surface area (Å²) in [5.41, 5.74) is -1.27. The van der Waals surface area contributed by atoms with Crippen LogP contribution < -0.4 is 10.8 Å². The molecule has 0 unspecified atom stereocenters. The SMILES string of the molecule is C[C@@H](NC(=O)OC(C)(C)C)C(=O)N1CCC[C@@H]1CS(=O)(=O)c1ncc(B2OC(C)(C)C(C)(C)O2)cn1. The standard InChI is InChI=1S/C23H37BN4O7S/c1-15(27-20(30)33-21(2,3)4)18(29)28-11-9-10-17(28)14-36(31,32)19-25-12-16(13-26-19)24-34-22(5,6)23(7,8)35-24/h12-13,15,17H,9-11,14H2,1-8H3,(H,27,30)/t15-,17-/m1/s1. The van der Waals surface area contributed by atoms with Gasteiger partial charge < -0.3 is 24.3 Å². The Morgan fingerprint density at radius 2 is 1.75 bits per heavy atom. The zero-order valence-corrected chi connectivity index (χ0v) is 23.1. The van der Waals surface area contributed by atoms with Crippen LogP contribution in [0.15, 0.2) is 17.6 Å². The van der Waals surface area contributed by atoms with Crippen molar-refractivity contribution in [2.45, 2.75) is 102 Å². The fourth-order valence-corrected chi connectivity index (χ4v) is 5.44. The smallest absolute Gasteiger partial charge is 0.444 e. The van der Waals surface area contributed by atoms with Gasteiger partial charge in [-0.1, -0.05) is 0 Å². The molecule has 1 aromatic heterocycles. The number of sulfone groups is 1. The maximum atomic E-state index is 13.1. The first-order valence-corrected chi connectivity index (χ1v) is 13.8. The van der Waals surface area contributed by atoms with Gasteiger partial charge in [0.1, 0.15) is 11.6 Å². The summed E-state index contributed by atoms with van der Waals surface area (Å²) < 4.78 is 43.3. The van der Waals surface area contributed by atoms with Crippen molar-refractivity contribution in [1.29, 1.82) is 0 Å². The number of likely N-dealkylation sites (tertiary alicyclic amines) is 1. The summed E-state index contributed by atoms with van der Waals surface area (Å²) >= 11 is 0. The molecule has 2 fully saturated rings. The average Bonchev–Trinajstić information content (AvgIpc) is 3.26. The van der Waals surface area contributed by atoms with Crippen molar-refractivity contribution in [2.24, 2.45) is 0 Å². The highest BCUT2D eigenvalue weighted by Crippen LogP contribution is 2.36. The molecule has 13 heteroatoms. The number of ether oxygens (including phenoxy) is 1. The van der Waals surface area contributed by atoms with Crippen molar-refractivity contribution in [3.63, 3.8) is 0 Å². The maximum Gasteiger partial charge on any atom is 0.498 e. The van der Waals surface area contributed by atoms with Gasteiger partial charge in [0.05, 0.1) is 17.0 Å². The zero-order chi connectivity index (χ0) is 27.1. The highest BCUT2D eigenvalue weighted by molar-refractivity contribution is 7.91. The summed E-state index contributed by atoms with van der Waals surface area (Å²) in [5.74, 6) is -0.677. The molecule has 2 aliphatic rings. The van der Waals surface area contributed by atoms with Crippen molar-refractivity contribution in [1.82, 2.24) is 20.2 Å². The molecule has 0 spiro atoms. The molecule has 2 amide bonds. The quantitative estimate of drug-likeness (QED) is 0.433. The Balaban J connectivity index is 1.65. The number of hydrogen-bond acceptors (Lipinski definition) is 9. The molecular weight excluding hydrogens is 487 g/mol. The minimum absolute atomic E-state index is 0.312. The van der Waals surface area contributed by atoms with Crippen LogP contribution in [-0.4, -0.2) is 83.6 Å². The number of amides is 2. The first kappa shape index (κ1) is 28.3. The van der Waals surface area contributed by atoms with Gasteiger partial charge in [0, 0.05) is 30.4 Å². The minimum atomic E-state index is -3.88. The predicted octanol–water partition coefficient (Wildman–Crippen LogP) is 1.45. The van der Waals surface area contributed by atoms with Gasteiger partial charge in [0.15, 0.2) is 0 Å². The summed E-state index contributed by atoms with van der Waals surface area (Å²) in [6.07, 6.45) is 3.27. The third-order valence-electron chi connectivity index (χ3n) is 6.63. The fourth-order valence-electron chi connectivity index (χ4n) is 4.01. The number of nitrogens with one attached hydrogen (secondary N) is 1. The Labute approximate surface area is 213 Å². The van der Waals surface area contributed by atoms with Crippen LogP contribution >= 0.6 is 0 Å². The maximum absolute atomic E-state index is 13.1. The molecule has 3 heterocycles. The van der Waals surface area contributed by atoms with Gasteiger partial charge in [0.2, 0.25) is 20.9 Å². The van der Waals surface area contributed by atoms with Crippen molar-refractivity contribution >= 4 is 34.4 Å².